The highest BCUT2D eigenvalue weighted by Gasteiger charge is 2.21. The molecule has 1 fully saturated rings. The summed E-state index contributed by atoms with van der Waals surface area (Å²) in [6, 6.07) is 6.07. The summed E-state index contributed by atoms with van der Waals surface area (Å²) in [4.78, 5) is 27.4. The minimum Gasteiger partial charge on any atom is -0.356 e. The van der Waals surface area contributed by atoms with Crippen molar-refractivity contribution in [2.75, 3.05) is 18.0 Å². The van der Waals surface area contributed by atoms with Gasteiger partial charge < -0.3 is 19.9 Å². The Morgan fingerprint density at radius 1 is 1.18 bits per heavy atom. The normalized spacial score (nSPS) is 15.0. The van der Waals surface area contributed by atoms with Crippen molar-refractivity contribution in [3.63, 3.8) is 0 Å². The van der Waals surface area contributed by atoms with Crippen LogP contribution >= 0.6 is 0 Å². The van der Waals surface area contributed by atoms with E-state index in [-0.39, 0.29) is 12.1 Å². The Morgan fingerprint density at radius 2 is 2.04 bits per heavy atom. The quantitative estimate of drug-likeness (QED) is 0.709. The molecule has 0 spiro atoms. The highest BCUT2D eigenvalue weighted by molar-refractivity contribution is 5.74. The fourth-order valence-electron chi connectivity index (χ4n) is 3.49. The maximum atomic E-state index is 12.3. The predicted octanol–water partition coefficient (Wildman–Crippen LogP) is 2.15. The molecule has 4 rings (SSSR count). The van der Waals surface area contributed by atoms with Crippen molar-refractivity contribution < 1.29 is 4.79 Å². The number of aromatic nitrogens is 4. The molecule has 28 heavy (non-hydrogen) atoms. The maximum absolute atomic E-state index is 12.3. The molecule has 1 aliphatic heterocycles. The van der Waals surface area contributed by atoms with Crippen LogP contribution in [0.15, 0.2) is 43.1 Å². The molecule has 3 aromatic heterocycles. The molecule has 3 aromatic rings. The molecule has 0 aromatic carbocycles. The Hall–Kier alpha value is -3.16. The topological polar surface area (TPSA) is 87.5 Å². The number of urea groups is 1. The van der Waals surface area contributed by atoms with Crippen LogP contribution in [0.2, 0.25) is 0 Å². The summed E-state index contributed by atoms with van der Waals surface area (Å²) < 4.78 is 1.94. The minimum absolute atomic E-state index is 0.128. The molecule has 1 aliphatic rings. The van der Waals surface area contributed by atoms with E-state index >= 15 is 0 Å². The van der Waals surface area contributed by atoms with Gasteiger partial charge in [0.1, 0.15) is 17.8 Å². The fourth-order valence-corrected chi connectivity index (χ4v) is 3.49. The number of imidazole rings is 1. The monoisotopic (exact) mass is 379 g/mol. The van der Waals surface area contributed by atoms with E-state index in [0.717, 1.165) is 55.1 Å². The van der Waals surface area contributed by atoms with Gasteiger partial charge in [0, 0.05) is 56.0 Å². The van der Waals surface area contributed by atoms with Crippen LogP contribution in [0.1, 0.15) is 31.0 Å². The number of aryl methyl sites for hydroxylation is 1. The smallest absolute Gasteiger partial charge is 0.315 e. The van der Waals surface area contributed by atoms with Crippen LogP contribution in [-0.4, -0.2) is 44.5 Å². The lowest BCUT2D eigenvalue weighted by Gasteiger charge is -2.33. The number of carbonyl (C=O) groups excluding carboxylic acids is 1. The van der Waals surface area contributed by atoms with Crippen molar-refractivity contribution in [1.82, 2.24) is 30.0 Å². The second-order valence-electron chi connectivity index (χ2n) is 7.04. The van der Waals surface area contributed by atoms with Crippen molar-refractivity contribution in [2.45, 2.75) is 38.8 Å². The van der Waals surface area contributed by atoms with E-state index in [0.29, 0.717) is 6.54 Å². The van der Waals surface area contributed by atoms with Gasteiger partial charge in [-0.05, 0) is 37.0 Å². The molecular weight excluding hydrogens is 354 g/mol. The van der Waals surface area contributed by atoms with Crippen LogP contribution in [0.5, 0.6) is 0 Å². The van der Waals surface area contributed by atoms with Gasteiger partial charge in [0.05, 0.1) is 0 Å². The molecule has 0 aliphatic carbocycles. The van der Waals surface area contributed by atoms with Crippen LogP contribution in [0.25, 0.3) is 5.65 Å². The van der Waals surface area contributed by atoms with Gasteiger partial charge in [-0.3, -0.25) is 0 Å². The molecule has 0 atom stereocenters. The number of hydrogen-bond acceptors (Lipinski definition) is 5. The fraction of sp³-hybridized carbons (Fsp3) is 0.400. The molecule has 0 unspecified atom stereocenters. The zero-order valence-electron chi connectivity index (χ0n) is 16.0. The third-order valence-corrected chi connectivity index (χ3v) is 5.14. The van der Waals surface area contributed by atoms with E-state index in [9.17, 15) is 4.79 Å². The molecule has 0 radical (unpaired) electrons. The number of amides is 2. The van der Waals surface area contributed by atoms with Crippen LogP contribution in [0, 0.1) is 0 Å². The summed E-state index contributed by atoms with van der Waals surface area (Å²) >= 11 is 0. The van der Waals surface area contributed by atoms with E-state index in [1.54, 1.807) is 12.5 Å². The van der Waals surface area contributed by atoms with Crippen molar-refractivity contribution in [3.05, 3.63) is 54.4 Å². The van der Waals surface area contributed by atoms with E-state index in [4.69, 9.17) is 0 Å². The third-order valence-electron chi connectivity index (χ3n) is 5.14. The molecule has 2 N–H and O–H groups in total. The number of hydrogen-bond donors (Lipinski definition) is 2. The van der Waals surface area contributed by atoms with Crippen LogP contribution in [0.3, 0.4) is 0 Å². The average molecular weight is 379 g/mol. The minimum atomic E-state index is -0.128. The summed E-state index contributed by atoms with van der Waals surface area (Å²) in [6.45, 7) is 4.33. The van der Waals surface area contributed by atoms with E-state index in [2.05, 4.69) is 43.5 Å². The Balaban J connectivity index is 1.24. The zero-order chi connectivity index (χ0) is 19.3. The van der Waals surface area contributed by atoms with Crippen LogP contribution < -0.4 is 15.5 Å². The van der Waals surface area contributed by atoms with Crippen molar-refractivity contribution in [1.29, 1.82) is 0 Å². The van der Waals surface area contributed by atoms with Crippen LogP contribution in [-0.2, 0) is 13.0 Å². The van der Waals surface area contributed by atoms with Gasteiger partial charge in [-0.2, -0.15) is 0 Å². The summed E-state index contributed by atoms with van der Waals surface area (Å²) in [5.74, 6) is 0.976. The third kappa shape index (κ3) is 4.21. The Morgan fingerprint density at radius 3 is 2.86 bits per heavy atom. The van der Waals surface area contributed by atoms with Gasteiger partial charge in [-0.25, -0.2) is 19.7 Å². The summed E-state index contributed by atoms with van der Waals surface area (Å²) in [6.07, 6.45) is 9.95. The van der Waals surface area contributed by atoms with Gasteiger partial charge in [0.25, 0.3) is 0 Å². The molecular formula is C20H25N7O. The molecule has 8 nitrogen and oxygen atoms in total. The first-order valence-electron chi connectivity index (χ1n) is 9.73. The summed E-state index contributed by atoms with van der Waals surface area (Å²) in [5, 5.41) is 6.03. The Bertz CT molecular complexity index is 946. The SMILES string of the molecule is CCc1cc(N2CCC(NC(=O)NCc3ccn4ccnc4c3)CC2)ncn1. The van der Waals surface area contributed by atoms with Crippen LogP contribution in [0.4, 0.5) is 10.6 Å². The number of nitrogens with zero attached hydrogens (tertiary/aromatic N) is 5. The van der Waals surface area contributed by atoms with Crippen molar-refractivity contribution in [2.24, 2.45) is 0 Å². The first kappa shape index (κ1) is 18.2. The van der Waals surface area contributed by atoms with E-state index in [1.807, 2.05) is 28.9 Å². The van der Waals surface area contributed by atoms with Crippen molar-refractivity contribution >= 4 is 17.5 Å². The second kappa shape index (κ2) is 8.24. The van der Waals surface area contributed by atoms with Gasteiger partial charge >= 0.3 is 6.03 Å². The van der Waals surface area contributed by atoms with Gasteiger partial charge in [0.15, 0.2) is 0 Å². The van der Waals surface area contributed by atoms with Gasteiger partial charge in [-0.1, -0.05) is 6.92 Å². The predicted molar refractivity (Wildman–Crippen MR) is 107 cm³/mol. The summed E-state index contributed by atoms with van der Waals surface area (Å²) in [7, 11) is 0. The maximum Gasteiger partial charge on any atom is 0.315 e. The lowest BCUT2D eigenvalue weighted by Crippen LogP contribution is -2.48. The Kier molecular flexibility index (Phi) is 5.36. The second-order valence-corrected chi connectivity index (χ2v) is 7.04. The number of rotatable bonds is 5. The summed E-state index contributed by atoms with van der Waals surface area (Å²) in [5.41, 5.74) is 2.96. The number of carbonyl (C=O) groups is 1. The molecule has 2 amide bonds. The molecule has 4 heterocycles. The lowest BCUT2D eigenvalue weighted by molar-refractivity contribution is 0.234. The molecule has 0 bridgehead atoms. The number of piperidine rings is 1. The first-order chi connectivity index (χ1) is 13.7. The number of nitrogens with one attached hydrogen (secondary N) is 2. The highest BCUT2D eigenvalue weighted by atomic mass is 16.2. The molecule has 0 saturated carbocycles. The number of pyridine rings is 1. The number of fused-ring (bicyclic) bond motifs is 1. The largest absolute Gasteiger partial charge is 0.356 e. The average Bonchev–Trinajstić information content (AvgIpc) is 3.21. The molecule has 1 saturated heterocycles. The van der Waals surface area contributed by atoms with Gasteiger partial charge in [0.2, 0.25) is 0 Å². The molecule has 146 valence electrons. The first-order valence-corrected chi connectivity index (χ1v) is 9.73. The Labute approximate surface area is 164 Å². The zero-order valence-corrected chi connectivity index (χ0v) is 16.0. The molecule has 8 heteroatoms. The lowest BCUT2D eigenvalue weighted by atomic mass is 10.1. The number of anilines is 1. The van der Waals surface area contributed by atoms with Crippen molar-refractivity contribution in [3.8, 4) is 0 Å². The van der Waals surface area contributed by atoms with Gasteiger partial charge in [-0.15, -0.1) is 0 Å². The highest BCUT2D eigenvalue weighted by Crippen LogP contribution is 2.18. The van der Waals surface area contributed by atoms with E-state index < -0.39 is 0 Å². The standard InChI is InChI=1S/C20H25N7O/c1-2-16-12-19(24-14-23-16)26-8-4-17(5-9-26)25-20(28)22-13-15-3-7-27-10-6-21-18(27)11-15/h3,6-7,10-12,14,17H,2,4-5,8-9,13H2,1H3,(H2,22,25,28). The van der Waals surface area contributed by atoms with E-state index in [1.165, 1.54) is 0 Å².